The Kier molecular flexibility index (Phi) is 4.58. The Labute approximate surface area is 150 Å². The SMILES string of the molecule is O=C(NC1CC12CCN(CCc1ccccc1)CC2)c1ccccc1. The molecule has 3 nitrogen and oxygen atoms in total. The average Bonchev–Trinajstić information content (AvgIpc) is 3.34. The zero-order valence-electron chi connectivity index (χ0n) is 14.7. The van der Waals surface area contributed by atoms with Gasteiger partial charge in [0.05, 0.1) is 0 Å². The van der Waals surface area contributed by atoms with Crippen molar-refractivity contribution in [3.05, 3.63) is 71.8 Å². The molecule has 1 aliphatic carbocycles. The summed E-state index contributed by atoms with van der Waals surface area (Å²) in [5.74, 6) is 0.0778. The Hall–Kier alpha value is -2.13. The first-order valence-corrected chi connectivity index (χ1v) is 9.37. The van der Waals surface area contributed by atoms with E-state index in [1.54, 1.807) is 0 Å². The van der Waals surface area contributed by atoms with E-state index >= 15 is 0 Å². The molecule has 1 N–H and O–H groups in total. The fourth-order valence-electron chi connectivity index (χ4n) is 4.09. The number of nitrogens with zero attached hydrogens (tertiary/aromatic N) is 1. The van der Waals surface area contributed by atoms with E-state index in [2.05, 4.69) is 40.5 Å². The van der Waals surface area contributed by atoms with Crippen LogP contribution >= 0.6 is 0 Å². The van der Waals surface area contributed by atoms with E-state index in [-0.39, 0.29) is 5.91 Å². The molecule has 1 amide bonds. The molecule has 2 aromatic rings. The number of rotatable bonds is 5. The molecule has 0 radical (unpaired) electrons. The van der Waals surface area contributed by atoms with Crippen LogP contribution in [0.2, 0.25) is 0 Å². The molecular weight excluding hydrogens is 308 g/mol. The van der Waals surface area contributed by atoms with E-state index in [1.165, 1.54) is 18.4 Å². The fourth-order valence-corrected chi connectivity index (χ4v) is 4.09. The van der Waals surface area contributed by atoms with E-state index in [1.807, 2.05) is 30.3 Å². The van der Waals surface area contributed by atoms with Crippen molar-refractivity contribution in [2.45, 2.75) is 31.7 Å². The molecule has 25 heavy (non-hydrogen) atoms. The van der Waals surface area contributed by atoms with Gasteiger partial charge in [-0.3, -0.25) is 4.79 Å². The highest BCUT2D eigenvalue weighted by Gasteiger charge is 2.55. The smallest absolute Gasteiger partial charge is 0.251 e. The predicted octanol–water partition coefficient (Wildman–Crippen LogP) is 3.51. The minimum Gasteiger partial charge on any atom is -0.349 e. The number of carbonyl (C=O) groups is 1. The molecule has 2 aromatic carbocycles. The van der Waals surface area contributed by atoms with Gasteiger partial charge in [0.15, 0.2) is 0 Å². The molecule has 1 saturated heterocycles. The van der Waals surface area contributed by atoms with Crippen molar-refractivity contribution in [2.75, 3.05) is 19.6 Å². The molecular formula is C22H26N2O. The lowest BCUT2D eigenvalue weighted by molar-refractivity contribution is 0.0935. The van der Waals surface area contributed by atoms with Gasteiger partial charge in [-0.1, -0.05) is 48.5 Å². The van der Waals surface area contributed by atoms with Crippen molar-refractivity contribution < 1.29 is 4.79 Å². The van der Waals surface area contributed by atoms with E-state index in [0.29, 0.717) is 11.5 Å². The van der Waals surface area contributed by atoms with Gasteiger partial charge in [-0.05, 0) is 61.9 Å². The van der Waals surface area contributed by atoms with E-state index in [9.17, 15) is 4.79 Å². The summed E-state index contributed by atoms with van der Waals surface area (Å²) in [6.07, 6.45) is 4.70. The first-order valence-electron chi connectivity index (χ1n) is 9.37. The second kappa shape index (κ2) is 7.01. The van der Waals surface area contributed by atoms with Crippen LogP contribution in [-0.2, 0) is 6.42 Å². The van der Waals surface area contributed by atoms with Crippen molar-refractivity contribution in [1.29, 1.82) is 0 Å². The monoisotopic (exact) mass is 334 g/mol. The average molecular weight is 334 g/mol. The quantitative estimate of drug-likeness (QED) is 0.907. The molecule has 130 valence electrons. The number of benzene rings is 2. The van der Waals surface area contributed by atoms with Crippen LogP contribution in [0.15, 0.2) is 60.7 Å². The third kappa shape index (κ3) is 3.77. The van der Waals surface area contributed by atoms with Gasteiger partial charge in [-0.25, -0.2) is 0 Å². The molecule has 1 saturated carbocycles. The minimum atomic E-state index is 0.0778. The highest BCUT2D eigenvalue weighted by Crippen LogP contribution is 2.53. The van der Waals surface area contributed by atoms with Crippen molar-refractivity contribution in [3.63, 3.8) is 0 Å². The molecule has 2 aliphatic rings. The van der Waals surface area contributed by atoms with Crippen molar-refractivity contribution in [1.82, 2.24) is 10.2 Å². The summed E-state index contributed by atoms with van der Waals surface area (Å²) in [6, 6.07) is 20.7. The zero-order valence-corrected chi connectivity index (χ0v) is 14.7. The van der Waals surface area contributed by atoms with Gasteiger partial charge in [-0.15, -0.1) is 0 Å². The Balaban J connectivity index is 1.23. The Morgan fingerprint density at radius 3 is 2.32 bits per heavy atom. The summed E-state index contributed by atoms with van der Waals surface area (Å²) >= 11 is 0. The van der Waals surface area contributed by atoms with Crippen LogP contribution in [-0.4, -0.2) is 36.5 Å². The van der Waals surface area contributed by atoms with Gasteiger partial charge in [0.2, 0.25) is 0 Å². The number of likely N-dealkylation sites (tertiary alicyclic amines) is 1. The topological polar surface area (TPSA) is 32.3 Å². The highest BCUT2D eigenvalue weighted by molar-refractivity contribution is 5.94. The lowest BCUT2D eigenvalue weighted by atomic mass is 9.92. The summed E-state index contributed by atoms with van der Waals surface area (Å²) in [4.78, 5) is 14.9. The summed E-state index contributed by atoms with van der Waals surface area (Å²) in [6.45, 7) is 3.45. The normalized spacial score (nSPS) is 21.8. The van der Waals surface area contributed by atoms with Gasteiger partial charge in [0, 0.05) is 18.2 Å². The number of piperidine rings is 1. The fraction of sp³-hybridized carbons (Fsp3) is 0.409. The number of nitrogens with one attached hydrogen (secondary N) is 1. The van der Waals surface area contributed by atoms with E-state index < -0.39 is 0 Å². The molecule has 3 heteroatoms. The molecule has 4 rings (SSSR count). The highest BCUT2D eigenvalue weighted by atomic mass is 16.1. The second-order valence-corrected chi connectivity index (χ2v) is 7.54. The Morgan fingerprint density at radius 1 is 1.00 bits per heavy atom. The Bertz CT molecular complexity index is 705. The molecule has 1 unspecified atom stereocenters. The van der Waals surface area contributed by atoms with Crippen molar-refractivity contribution >= 4 is 5.91 Å². The summed E-state index contributed by atoms with van der Waals surface area (Å²) in [7, 11) is 0. The molecule has 0 bridgehead atoms. The summed E-state index contributed by atoms with van der Waals surface area (Å²) < 4.78 is 0. The first kappa shape index (κ1) is 16.3. The van der Waals surface area contributed by atoms with Gasteiger partial charge in [0.1, 0.15) is 0 Å². The standard InChI is InChI=1S/C22H26N2O/c25-21(19-9-5-2-6-10-19)23-20-17-22(20)12-15-24(16-13-22)14-11-18-7-3-1-4-8-18/h1-10,20H,11-17H2,(H,23,25). The van der Waals surface area contributed by atoms with Gasteiger partial charge in [-0.2, -0.15) is 0 Å². The van der Waals surface area contributed by atoms with Crippen LogP contribution in [0.5, 0.6) is 0 Å². The maximum atomic E-state index is 12.3. The number of hydrogen-bond acceptors (Lipinski definition) is 2. The Morgan fingerprint density at radius 2 is 1.64 bits per heavy atom. The molecule has 0 aromatic heterocycles. The van der Waals surface area contributed by atoms with E-state index in [0.717, 1.165) is 38.0 Å². The zero-order chi connectivity index (χ0) is 17.1. The minimum absolute atomic E-state index is 0.0778. The first-order chi connectivity index (χ1) is 12.3. The molecule has 1 spiro atoms. The third-order valence-corrected chi connectivity index (χ3v) is 5.94. The van der Waals surface area contributed by atoms with Crippen LogP contribution in [0, 0.1) is 5.41 Å². The lowest BCUT2D eigenvalue weighted by Gasteiger charge is -2.33. The van der Waals surface area contributed by atoms with Crippen LogP contribution in [0.1, 0.15) is 35.2 Å². The van der Waals surface area contributed by atoms with Gasteiger partial charge >= 0.3 is 0 Å². The summed E-state index contributed by atoms with van der Waals surface area (Å²) in [5, 5.41) is 3.25. The maximum Gasteiger partial charge on any atom is 0.251 e. The van der Waals surface area contributed by atoms with Crippen LogP contribution in [0.25, 0.3) is 0 Å². The second-order valence-electron chi connectivity index (χ2n) is 7.54. The van der Waals surface area contributed by atoms with Crippen LogP contribution in [0.3, 0.4) is 0 Å². The number of hydrogen-bond donors (Lipinski definition) is 1. The predicted molar refractivity (Wildman–Crippen MR) is 101 cm³/mol. The van der Waals surface area contributed by atoms with Gasteiger partial charge in [0.25, 0.3) is 5.91 Å². The largest absolute Gasteiger partial charge is 0.349 e. The lowest BCUT2D eigenvalue weighted by Crippen LogP contribution is -2.39. The van der Waals surface area contributed by atoms with E-state index in [4.69, 9.17) is 0 Å². The maximum absolute atomic E-state index is 12.3. The van der Waals surface area contributed by atoms with Crippen LogP contribution in [0.4, 0.5) is 0 Å². The molecule has 1 heterocycles. The summed E-state index contributed by atoms with van der Waals surface area (Å²) in [5.41, 5.74) is 2.56. The van der Waals surface area contributed by atoms with Gasteiger partial charge < -0.3 is 10.2 Å². The molecule has 1 aliphatic heterocycles. The van der Waals surface area contributed by atoms with Crippen molar-refractivity contribution in [2.24, 2.45) is 5.41 Å². The molecule has 1 atom stereocenters. The molecule has 2 fully saturated rings. The number of amides is 1. The van der Waals surface area contributed by atoms with Crippen molar-refractivity contribution in [3.8, 4) is 0 Å². The third-order valence-electron chi connectivity index (χ3n) is 5.94. The van der Waals surface area contributed by atoms with Crippen LogP contribution < -0.4 is 5.32 Å². The number of carbonyl (C=O) groups excluding carboxylic acids is 1.